The number of hydrogen-bond donors (Lipinski definition) is 0. The quantitative estimate of drug-likeness (QED) is 0.763. The molecule has 104 valence electrons. The van der Waals surface area contributed by atoms with E-state index in [1.807, 2.05) is 31.2 Å². The van der Waals surface area contributed by atoms with Gasteiger partial charge in [0.2, 0.25) is 0 Å². The van der Waals surface area contributed by atoms with Crippen molar-refractivity contribution in [2.24, 2.45) is 0 Å². The molecule has 0 atom stereocenters. The van der Waals surface area contributed by atoms with Crippen molar-refractivity contribution in [1.29, 1.82) is 0 Å². The smallest absolute Gasteiger partial charge is 0.162 e. The molecule has 0 N–H and O–H groups in total. The molecular weight excluding hydrogens is 246 g/mol. The zero-order chi connectivity index (χ0) is 14.5. The Labute approximate surface area is 121 Å². The van der Waals surface area contributed by atoms with Gasteiger partial charge in [0.05, 0.1) is 0 Å². The van der Waals surface area contributed by atoms with Gasteiger partial charge >= 0.3 is 0 Å². The Morgan fingerprint density at radius 1 is 0.900 bits per heavy atom. The summed E-state index contributed by atoms with van der Waals surface area (Å²) in [5.41, 5.74) is 4.43. The summed E-state index contributed by atoms with van der Waals surface area (Å²) in [4.78, 5) is 13.8. The van der Waals surface area contributed by atoms with E-state index >= 15 is 0 Å². The highest BCUT2D eigenvalue weighted by atomic mass is 16.1. The molecular formula is C18H21NO. The molecule has 0 aliphatic rings. The molecule has 0 saturated carbocycles. The third kappa shape index (κ3) is 3.55. The largest absolute Gasteiger partial charge is 0.305 e. The second-order valence-electron chi connectivity index (χ2n) is 5.29. The Hall–Kier alpha value is -1.93. The van der Waals surface area contributed by atoms with Gasteiger partial charge in [0.15, 0.2) is 5.78 Å². The summed E-state index contributed by atoms with van der Waals surface area (Å²) < 4.78 is 0. The molecule has 2 heteroatoms. The highest BCUT2D eigenvalue weighted by molar-refractivity contribution is 5.96. The van der Waals surface area contributed by atoms with Crippen molar-refractivity contribution in [3.05, 3.63) is 59.7 Å². The molecule has 0 fully saturated rings. The topological polar surface area (TPSA) is 20.3 Å². The van der Waals surface area contributed by atoms with Crippen LogP contribution < -0.4 is 0 Å². The van der Waals surface area contributed by atoms with E-state index in [0.717, 1.165) is 17.7 Å². The molecule has 2 rings (SSSR count). The van der Waals surface area contributed by atoms with Crippen LogP contribution in [0, 0.1) is 0 Å². The molecule has 0 unspecified atom stereocenters. The molecule has 0 aliphatic carbocycles. The number of carbonyl (C=O) groups excluding carboxylic acids is 1. The van der Waals surface area contributed by atoms with Crippen LogP contribution in [0.4, 0.5) is 0 Å². The van der Waals surface area contributed by atoms with Crippen molar-refractivity contribution in [3.63, 3.8) is 0 Å². The Morgan fingerprint density at radius 2 is 1.40 bits per heavy atom. The van der Waals surface area contributed by atoms with Gasteiger partial charge in [0.1, 0.15) is 0 Å². The minimum atomic E-state index is 0.192. The highest BCUT2D eigenvalue weighted by Crippen LogP contribution is 2.21. The lowest BCUT2D eigenvalue weighted by Crippen LogP contribution is -2.10. The Kier molecular flexibility index (Phi) is 4.70. The first-order valence-corrected chi connectivity index (χ1v) is 6.97. The summed E-state index contributed by atoms with van der Waals surface area (Å²) >= 11 is 0. The van der Waals surface area contributed by atoms with E-state index in [9.17, 15) is 4.79 Å². The van der Waals surface area contributed by atoms with Crippen LogP contribution in [0.15, 0.2) is 48.5 Å². The number of nitrogens with zero attached hydrogens (tertiary/aromatic N) is 1. The van der Waals surface area contributed by atoms with Crippen molar-refractivity contribution >= 4 is 5.78 Å². The number of Topliss-reactive ketones (excluding diaryl/α,β-unsaturated/α-hetero) is 1. The van der Waals surface area contributed by atoms with Gasteiger partial charge in [-0.15, -0.1) is 0 Å². The molecule has 0 heterocycles. The maximum absolute atomic E-state index is 11.6. The summed E-state index contributed by atoms with van der Waals surface area (Å²) in [5.74, 6) is 0.192. The monoisotopic (exact) mass is 267 g/mol. The van der Waals surface area contributed by atoms with Crippen LogP contribution in [-0.4, -0.2) is 24.8 Å². The lowest BCUT2D eigenvalue weighted by Gasteiger charge is -2.10. The molecule has 0 amide bonds. The lowest BCUT2D eigenvalue weighted by atomic mass is 10.0. The summed E-state index contributed by atoms with van der Waals surface area (Å²) in [5, 5.41) is 0. The van der Waals surface area contributed by atoms with Gasteiger partial charge in [-0.25, -0.2) is 0 Å². The second-order valence-corrected chi connectivity index (χ2v) is 5.29. The van der Waals surface area contributed by atoms with E-state index in [0.29, 0.717) is 6.42 Å². The fourth-order valence-electron chi connectivity index (χ4n) is 2.22. The van der Waals surface area contributed by atoms with Crippen LogP contribution in [0.1, 0.15) is 29.3 Å². The highest BCUT2D eigenvalue weighted by Gasteiger charge is 2.04. The Morgan fingerprint density at radius 3 is 1.85 bits per heavy atom. The van der Waals surface area contributed by atoms with Gasteiger partial charge < -0.3 is 4.90 Å². The van der Waals surface area contributed by atoms with Gasteiger partial charge in [-0.05, 0) is 30.8 Å². The van der Waals surface area contributed by atoms with E-state index in [1.165, 1.54) is 11.1 Å². The molecule has 0 radical (unpaired) electrons. The molecule has 2 nitrogen and oxygen atoms in total. The van der Waals surface area contributed by atoms with Crippen molar-refractivity contribution in [2.45, 2.75) is 19.9 Å². The first kappa shape index (κ1) is 14.5. The van der Waals surface area contributed by atoms with Crippen molar-refractivity contribution in [3.8, 4) is 11.1 Å². The predicted molar refractivity (Wildman–Crippen MR) is 83.9 cm³/mol. The number of benzene rings is 2. The van der Waals surface area contributed by atoms with E-state index in [-0.39, 0.29) is 5.78 Å². The fraction of sp³-hybridized carbons (Fsp3) is 0.278. The van der Waals surface area contributed by atoms with E-state index < -0.39 is 0 Å². The lowest BCUT2D eigenvalue weighted by molar-refractivity contribution is 0.0988. The van der Waals surface area contributed by atoms with Gasteiger partial charge in [-0.2, -0.15) is 0 Å². The maximum atomic E-state index is 11.6. The van der Waals surface area contributed by atoms with Crippen LogP contribution in [0.25, 0.3) is 11.1 Å². The summed E-state index contributed by atoms with van der Waals surface area (Å²) in [6.07, 6.45) is 0.554. The average molecular weight is 267 g/mol. The zero-order valence-electron chi connectivity index (χ0n) is 12.4. The van der Waals surface area contributed by atoms with Crippen LogP contribution >= 0.6 is 0 Å². The first-order chi connectivity index (χ1) is 9.60. The number of rotatable bonds is 5. The molecule has 2 aromatic rings. The Balaban J connectivity index is 2.17. The number of ketones is 1. The predicted octanol–water partition coefficient (Wildman–Crippen LogP) is 4.01. The summed E-state index contributed by atoms with van der Waals surface area (Å²) in [6, 6.07) is 16.4. The van der Waals surface area contributed by atoms with E-state index in [1.54, 1.807) is 0 Å². The van der Waals surface area contributed by atoms with Crippen LogP contribution in [0.3, 0.4) is 0 Å². The molecule has 0 aliphatic heterocycles. The molecule has 2 aromatic carbocycles. The van der Waals surface area contributed by atoms with E-state index in [4.69, 9.17) is 0 Å². The molecule has 0 aromatic heterocycles. The number of carbonyl (C=O) groups is 1. The summed E-state index contributed by atoms with van der Waals surface area (Å²) in [6.45, 7) is 2.84. The average Bonchev–Trinajstić information content (AvgIpc) is 2.47. The minimum Gasteiger partial charge on any atom is -0.305 e. The Bertz CT molecular complexity index is 567. The van der Waals surface area contributed by atoms with Crippen molar-refractivity contribution < 1.29 is 4.79 Å². The van der Waals surface area contributed by atoms with Crippen LogP contribution in [0.5, 0.6) is 0 Å². The molecule has 0 saturated heterocycles. The van der Waals surface area contributed by atoms with Gasteiger partial charge in [-0.3, -0.25) is 4.79 Å². The minimum absolute atomic E-state index is 0.192. The van der Waals surface area contributed by atoms with Crippen LogP contribution in [0.2, 0.25) is 0 Å². The van der Waals surface area contributed by atoms with E-state index in [2.05, 4.69) is 43.3 Å². The fourth-order valence-corrected chi connectivity index (χ4v) is 2.22. The zero-order valence-corrected chi connectivity index (χ0v) is 12.4. The van der Waals surface area contributed by atoms with Crippen molar-refractivity contribution in [2.75, 3.05) is 14.1 Å². The standard InChI is InChI=1S/C18H21NO/c1-4-18(20)17-11-9-16(10-12-17)15-7-5-14(6-8-15)13-19(2)3/h5-12H,4,13H2,1-3H3. The number of hydrogen-bond acceptors (Lipinski definition) is 2. The molecule has 20 heavy (non-hydrogen) atoms. The third-order valence-corrected chi connectivity index (χ3v) is 3.31. The van der Waals surface area contributed by atoms with Gasteiger partial charge in [-0.1, -0.05) is 55.5 Å². The second kappa shape index (κ2) is 6.49. The van der Waals surface area contributed by atoms with Crippen molar-refractivity contribution in [1.82, 2.24) is 4.90 Å². The SMILES string of the molecule is CCC(=O)c1ccc(-c2ccc(CN(C)C)cc2)cc1. The van der Waals surface area contributed by atoms with Gasteiger partial charge in [0.25, 0.3) is 0 Å². The van der Waals surface area contributed by atoms with Crippen LogP contribution in [-0.2, 0) is 6.54 Å². The summed E-state index contributed by atoms with van der Waals surface area (Å²) in [7, 11) is 4.13. The molecule has 0 spiro atoms. The maximum Gasteiger partial charge on any atom is 0.162 e. The normalized spacial score (nSPS) is 10.8. The first-order valence-electron chi connectivity index (χ1n) is 6.97. The van der Waals surface area contributed by atoms with Gasteiger partial charge in [0, 0.05) is 18.5 Å². The molecule has 0 bridgehead atoms. The third-order valence-electron chi connectivity index (χ3n) is 3.31.